The quantitative estimate of drug-likeness (QED) is 0.707. The van der Waals surface area contributed by atoms with Crippen LogP contribution in [0.2, 0.25) is 0 Å². The first-order valence-corrected chi connectivity index (χ1v) is 8.08. The summed E-state index contributed by atoms with van der Waals surface area (Å²) in [6.45, 7) is 13.1. The highest BCUT2D eigenvalue weighted by atomic mass is 19.1. The molecule has 0 saturated carbocycles. The van der Waals surface area contributed by atoms with Crippen molar-refractivity contribution in [3.8, 4) is 5.82 Å². The first-order valence-electron chi connectivity index (χ1n) is 8.08. The summed E-state index contributed by atoms with van der Waals surface area (Å²) in [4.78, 5) is 24.3. The summed E-state index contributed by atoms with van der Waals surface area (Å²) in [5.41, 5.74) is 1.48. The maximum atomic E-state index is 13.3. The summed E-state index contributed by atoms with van der Waals surface area (Å²) in [6, 6.07) is 7.82. The Kier molecular flexibility index (Phi) is 4.43. The molecule has 1 N–H and O–H groups in total. The lowest BCUT2D eigenvalue weighted by Crippen LogP contribution is -2.21. The van der Waals surface area contributed by atoms with E-state index in [1.807, 2.05) is 20.8 Å². The van der Waals surface area contributed by atoms with Gasteiger partial charge in [-0.25, -0.2) is 19.2 Å². The number of carbonyl (C=O) groups excluding carboxylic acids is 1. The maximum Gasteiger partial charge on any atom is 0.227 e. The third-order valence-corrected chi connectivity index (χ3v) is 3.65. The van der Waals surface area contributed by atoms with Gasteiger partial charge in [-0.05, 0) is 29.7 Å². The molecule has 2 heterocycles. The van der Waals surface area contributed by atoms with Crippen molar-refractivity contribution in [3.05, 3.63) is 53.8 Å². The van der Waals surface area contributed by atoms with E-state index in [1.165, 1.54) is 12.1 Å². The van der Waals surface area contributed by atoms with E-state index in [2.05, 4.69) is 20.1 Å². The third kappa shape index (κ3) is 3.70. The van der Waals surface area contributed by atoms with Crippen LogP contribution in [0.4, 0.5) is 16.0 Å². The zero-order valence-corrected chi connectivity index (χ0v) is 14.7. The second-order valence-electron chi connectivity index (χ2n) is 7.18. The molecule has 6 nitrogen and oxygen atoms in total. The van der Waals surface area contributed by atoms with Crippen molar-refractivity contribution in [1.82, 2.24) is 14.5 Å². The second kappa shape index (κ2) is 6.56. The van der Waals surface area contributed by atoms with Gasteiger partial charge < -0.3 is 0 Å². The second-order valence-corrected chi connectivity index (χ2v) is 7.18. The Morgan fingerprint density at radius 2 is 2.08 bits per heavy atom. The molecule has 0 aliphatic rings. The Morgan fingerprint density at radius 3 is 2.69 bits per heavy atom. The predicted octanol–water partition coefficient (Wildman–Crippen LogP) is 4.49. The number of benzene rings is 1. The molecule has 2 aromatic heterocycles. The van der Waals surface area contributed by atoms with Crippen LogP contribution >= 0.6 is 0 Å². The molecule has 1 amide bonds. The number of imidazole rings is 1. The monoisotopic (exact) mass is 351 g/mol. The number of aromatic nitrogens is 3. The Balaban J connectivity index is 2.12. The summed E-state index contributed by atoms with van der Waals surface area (Å²) in [5.74, 6) is 0.0532. The van der Waals surface area contributed by atoms with Gasteiger partial charge in [0.1, 0.15) is 11.6 Å². The van der Waals surface area contributed by atoms with E-state index in [1.54, 1.807) is 22.8 Å². The standard InChI is InChI=1S/C19H18FN5O/c1-19(2,3)10-17(26)24-18-23-14-7-6-13(21-4)9-15(14)25(18)16-8-5-12(20)11-22-16/h5-9,11H,10H2,1-3H3,(H,23,24,26). The van der Waals surface area contributed by atoms with Gasteiger partial charge in [0.05, 0.1) is 23.8 Å². The van der Waals surface area contributed by atoms with E-state index in [9.17, 15) is 9.18 Å². The highest BCUT2D eigenvalue weighted by molar-refractivity contribution is 5.93. The zero-order chi connectivity index (χ0) is 18.9. The lowest BCUT2D eigenvalue weighted by molar-refractivity contribution is -0.117. The molecule has 26 heavy (non-hydrogen) atoms. The number of nitrogens with zero attached hydrogens (tertiary/aromatic N) is 4. The van der Waals surface area contributed by atoms with Crippen LogP contribution in [-0.2, 0) is 4.79 Å². The Bertz CT molecular complexity index is 1010. The summed E-state index contributed by atoms with van der Waals surface area (Å²) >= 11 is 0. The number of carbonyl (C=O) groups is 1. The van der Waals surface area contributed by atoms with Gasteiger partial charge in [-0.1, -0.05) is 26.8 Å². The van der Waals surface area contributed by atoms with Crippen molar-refractivity contribution >= 4 is 28.6 Å². The predicted molar refractivity (Wildman–Crippen MR) is 97.8 cm³/mol. The highest BCUT2D eigenvalue weighted by Crippen LogP contribution is 2.28. The molecule has 7 heteroatoms. The van der Waals surface area contributed by atoms with Crippen molar-refractivity contribution in [1.29, 1.82) is 0 Å². The fourth-order valence-corrected chi connectivity index (χ4v) is 2.60. The number of amides is 1. The van der Waals surface area contributed by atoms with Crippen molar-refractivity contribution in [2.24, 2.45) is 5.41 Å². The minimum absolute atomic E-state index is 0.174. The molecule has 132 valence electrons. The first kappa shape index (κ1) is 17.5. The number of hydrogen-bond acceptors (Lipinski definition) is 3. The van der Waals surface area contributed by atoms with Crippen molar-refractivity contribution in [3.63, 3.8) is 0 Å². The minimum atomic E-state index is -0.460. The van der Waals surface area contributed by atoms with E-state index in [0.29, 0.717) is 29.0 Å². The Labute approximate surface area is 150 Å². The molecule has 0 spiro atoms. The fourth-order valence-electron chi connectivity index (χ4n) is 2.60. The van der Waals surface area contributed by atoms with Gasteiger partial charge in [0.25, 0.3) is 0 Å². The van der Waals surface area contributed by atoms with Gasteiger partial charge in [-0.15, -0.1) is 0 Å². The van der Waals surface area contributed by atoms with Crippen molar-refractivity contribution < 1.29 is 9.18 Å². The number of anilines is 1. The van der Waals surface area contributed by atoms with E-state index in [4.69, 9.17) is 6.57 Å². The minimum Gasteiger partial charge on any atom is -0.296 e. The molecular weight excluding hydrogens is 333 g/mol. The van der Waals surface area contributed by atoms with Crippen LogP contribution in [0.1, 0.15) is 27.2 Å². The molecular formula is C19H18FN5O. The van der Waals surface area contributed by atoms with Gasteiger partial charge in [0.15, 0.2) is 5.69 Å². The molecule has 0 unspecified atom stereocenters. The van der Waals surface area contributed by atoms with E-state index in [0.717, 1.165) is 6.20 Å². The van der Waals surface area contributed by atoms with Crippen LogP contribution in [0.5, 0.6) is 0 Å². The molecule has 3 rings (SSSR count). The lowest BCUT2D eigenvalue weighted by atomic mass is 9.92. The Morgan fingerprint density at radius 1 is 1.31 bits per heavy atom. The number of halogens is 1. The first-order chi connectivity index (χ1) is 12.3. The third-order valence-electron chi connectivity index (χ3n) is 3.65. The summed E-state index contributed by atoms with van der Waals surface area (Å²) in [5, 5.41) is 2.81. The van der Waals surface area contributed by atoms with Crippen LogP contribution in [0.15, 0.2) is 36.5 Å². The number of rotatable bonds is 3. The molecule has 0 bridgehead atoms. The topological polar surface area (TPSA) is 64.2 Å². The van der Waals surface area contributed by atoms with Crippen LogP contribution in [-0.4, -0.2) is 20.4 Å². The van der Waals surface area contributed by atoms with Crippen molar-refractivity contribution in [2.75, 3.05) is 5.32 Å². The number of pyridine rings is 1. The molecule has 0 aliphatic carbocycles. The largest absolute Gasteiger partial charge is 0.296 e. The van der Waals surface area contributed by atoms with Gasteiger partial charge in [-0.3, -0.25) is 14.7 Å². The van der Waals surface area contributed by atoms with Crippen LogP contribution in [0.3, 0.4) is 0 Å². The molecule has 0 aliphatic heterocycles. The van der Waals surface area contributed by atoms with E-state index < -0.39 is 5.82 Å². The smallest absolute Gasteiger partial charge is 0.227 e. The molecule has 1 aromatic carbocycles. The van der Waals surface area contributed by atoms with Crippen LogP contribution in [0, 0.1) is 17.8 Å². The van der Waals surface area contributed by atoms with Crippen LogP contribution in [0.25, 0.3) is 21.7 Å². The van der Waals surface area contributed by atoms with E-state index >= 15 is 0 Å². The van der Waals surface area contributed by atoms with Gasteiger partial charge in [0, 0.05) is 6.42 Å². The number of nitrogens with one attached hydrogen (secondary N) is 1. The van der Waals surface area contributed by atoms with Gasteiger partial charge in [-0.2, -0.15) is 0 Å². The van der Waals surface area contributed by atoms with E-state index in [-0.39, 0.29) is 17.3 Å². The number of hydrogen-bond donors (Lipinski definition) is 1. The van der Waals surface area contributed by atoms with Gasteiger partial charge >= 0.3 is 0 Å². The average molecular weight is 351 g/mol. The highest BCUT2D eigenvalue weighted by Gasteiger charge is 2.20. The SMILES string of the molecule is [C-]#[N+]c1ccc2nc(NC(=O)CC(C)(C)C)n(-c3ccc(F)cn3)c2c1. The molecule has 0 atom stereocenters. The lowest BCUT2D eigenvalue weighted by Gasteiger charge is -2.17. The normalized spacial score (nSPS) is 11.3. The average Bonchev–Trinajstić information content (AvgIpc) is 2.90. The molecule has 0 saturated heterocycles. The van der Waals surface area contributed by atoms with Crippen molar-refractivity contribution in [2.45, 2.75) is 27.2 Å². The Hall–Kier alpha value is -3.27. The summed E-state index contributed by atoms with van der Waals surface area (Å²) < 4.78 is 14.9. The molecule has 0 fully saturated rings. The molecule has 0 radical (unpaired) electrons. The van der Waals surface area contributed by atoms with Gasteiger partial charge in [0.2, 0.25) is 11.9 Å². The number of fused-ring (bicyclic) bond motifs is 1. The molecule has 3 aromatic rings. The maximum absolute atomic E-state index is 13.3. The summed E-state index contributed by atoms with van der Waals surface area (Å²) in [6.07, 6.45) is 1.42. The van der Waals surface area contributed by atoms with Crippen LogP contribution < -0.4 is 5.32 Å². The summed E-state index contributed by atoms with van der Waals surface area (Å²) in [7, 11) is 0. The fraction of sp³-hybridized carbons (Fsp3) is 0.263. The zero-order valence-electron chi connectivity index (χ0n) is 14.7.